The lowest BCUT2D eigenvalue weighted by atomic mass is 10.1. The third-order valence-corrected chi connectivity index (χ3v) is 3.24. The zero-order valence-corrected chi connectivity index (χ0v) is 11.9. The minimum absolute atomic E-state index is 0.0403. The van der Waals surface area contributed by atoms with Gasteiger partial charge in [0.25, 0.3) is 0 Å². The molecule has 1 amide bonds. The average molecular weight is 314 g/mol. The van der Waals surface area contributed by atoms with Crippen molar-refractivity contribution in [3.63, 3.8) is 0 Å². The summed E-state index contributed by atoms with van der Waals surface area (Å²) in [5.41, 5.74) is 0.875. The quantitative estimate of drug-likeness (QED) is 0.850. The fourth-order valence-corrected chi connectivity index (χ4v) is 1.69. The molecule has 1 atom stereocenters. The van der Waals surface area contributed by atoms with Crippen molar-refractivity contribution in [1.29, 1.82) is 0 Å². The maximum absolute atomic E-state index is 11.5. The van der Waals surface area contributed by atoms with Crippen molar-refractivity contribution in [3.05, 3.63) is 34.3 Å². The lowest BCUT2D eigenvalue weighted by Crippen LogP contribution is -2.39. The standard InChI is InChI=1S/C13H16BrNO3/c1-9(2)12(7-16)15-13(17)18-8-10-5-3-4-6-11(10)14/h3-7,9,12H,8H2,1-2H3,(H,15,17). The first-order valence-electron chi connectivity index (χ1n) is 5.66. The molecule has 0 aliphatic heterocycles. The van der Waals surface area contributed by atoms with Crippen molar-refractivity contribution in [2.45, 2.75) is 26.5 Å². The fourth-order valence-electron chi connectivity index (χ4n) is 1.29. The van der Waals surface area contributed by atoms with Crippen LogP contribution >= 0.6 is 15.9 Å². The summed E-state index contributed by atoms with van der Waals surface area (Å²) in [7, 11) is 0. The average Bonchev–Trinajstić information content (AvgIpc) is 2.34. The molecular formula is C13H16BrNO3. The molecule has 1 N–H and O–H groups in total. The molecule has 0 heterocycles. The van der Waals surface area contributed by atoms with Crippen LogP contribution in [0.5, 0.6) is 0 Å². The van der Waals surface area contributed by atoms with Crippen LogP contribution in [0.3, 0.4) is 0 Å². The normalized spacial score (nSPS) is 12.0. The first kappa shape index (κ1) is 14.7. The molecule has 0 saturated heterocycles. The van der Waals surface area contributed by atoms with Gasteiger partial charge in [0, 0.05) is 10.0 Å². The summed E-state index contributed by atoms with van der Waals surface area (Å²) < 4.78 is 5.94. The molecule has 1 aromatic carbocycles. The van der Waals surface area contributed by atoms with Crippen LogP contribution in [0.1, 0.15) is 19.4 Å². The Morgan fingerprint density at radius 2 is 2.11 bits per heavy atom. The number of hydrogen-bond acceptors (Lipinski definition) is 3. The molecule has 5 heteroatoms. The van der Waals surface area contributed by atoms with E-state index < -0.39 is 12.1 Å². The van der Waals surface area contributed by atoms with Gasteiger partial charge in [0.1, 0.15) is 12.9 Å². The molecule has 0 fully saturated rings. The minimum Gasteiger partial charge on any atom is -0.445 e. The number of halogens is 1. The van der Waals surface area contributed by atoms with E-state index in [1.807, 2.05) is 38.1 Å². The van der Waals surface area contributed by atoms with Gasteiger partial charge in [-0.2, -0.15) is 0 Å². The Hall–Kier alpha value is -1.36. The molecule has 1 unspecified atom stereocenters. The Balaban J connectivity index is 2.47. The van der Waals surface area contributed by atoms with E-state index in [0.29, 0.717) is 6.29 Å². The number of alkyl carbamates (subject to hydrolysis) is 1. The molecule has 0 spiro atoms. The first-order valence-corrected chi connectivity index (χ1v) is 6.46. The molecule has 0 aromatic heterocycles. The van der Waals surface area contributed by atoms with Gasteiger partial charge in [0.05, 0.1) is 6.04 Å². The summed E-state index contributed by atoms with van der Waals surface area (Å²) in [6, 6.07) is 6.96. The predicted octanol–water partition coefficient (Wildman–Crippen LogP) is 2.90. The molecule has 0 bridgehead atoms. The van der Waals surface area contributed by atoms with Gasteiger partial charge in [0.2, 0.25) is 0 Å². The summed E-state index contributed by atoms with van der Waals surface area (Å²) in [4.78, 5) is 22.2. The van der Waals surface area contributed by atoms with Crippen LogP contribution in [0.4, 0.5) is 4.79 Å². The Bertz CT molecular complexity index is 420. The number of ether oxygens (including phenoxy) is 1. The van der Waals surface area contributed by atoms with Crippen molar-refractivity contribution < 1.29 is 14.3 Å². The lowest BCUT2D eigenvalue weighted by Gasteiger charge is -2.16. The van der Waals surface area contributed by atoms with E-state index in [4.69, 9.17) is 4.74 Å². The molecule has 1 aromatic rings. The van der Waals surface area contributed by atoms with E-state index >= 15 is 0 Å². The van der Waals surface area contributed by atoms with Crippen molar-refractivity contribution in [2.24, 2.45) is 5.92 Å². The number of rotatable bonds is 5. The smallest absolute Gasteiger partial charge is 0.408 e. The Morgan fingerprint density at radius 1 is 1.44 bits per heavy atom. The summed E-state index contributed by atoms with van der Waals surface area (Å²) in [5.74, 6) is 0.0403. The highest BCUT2D eigenvalue weighted by Gasteiger charge is 2.15. The predicted molar refractivity (Wildman–Crippen MR) is 72.2 cm³/mol. The second-order valence-corrected chi connectivity index (χ2v) is 5.07. The van der Waals surface area contributed by atoms with Crippen LogP contribution in [-0.4, -0.2) is 18.4 Å². The van der Waals surface area contributed by atoms with Gasteiger partial charge in [-0.15, -0.1) is 0 Å². The Morgan fingerprint density at radius 3 is 2.67 bits per heavy atom. The summed E-state index contributed by atoms with van der Waals surface area (Å²) >= 11 is 3.37. The molecule has 4 nitrogen and oxygen atoms in total. The summed E-state index contributed by atoms with van der Waals surface area (Å²) in [6.45, 7) is 3.87. The van der Waals surface area contributed by atoms with Gasteiger partial charge < -0.3 is 14.8 Å². The highest BCUT2D eigenvalue weighted by molar-refractivity contribution is 9.10. The maximum Gasteiger partial charge on any atom is 0.408 e. The van der Waals surface area contributed by atoms with Crippen molar-refractivity contribution in [1.82, 2.24) is 5.32 Å². The maximum atomic E-state index is 11.5. The third-order valence-electron chi connectivity index (χ3n) is 2.47. The van der Waals surface area contributed by atoms with E-state index in [0.717, 1.165) is 10.0 Å². The van der Waals surface area contributed by atoms with Crippen LogP contribution in [0.25, 0.3) is 0 Å². The van der Waals surface area contributed by atoms with Crippen LogP contribution < -0.4 is 5.32 Å². The lowest BCUT2D eigenvalue weighted by molar-refractivity contribution is -0.110. The van der Waals surface area contributed by atoms with Gasteiger partial charge in [0.15, 0.2) is 0 Å². The monoisotopic (exact) mass is 313 g/mol. The highest BCUT2D eigenvalue weighted by atomic mass is 79.9. The number of carbonyl (C=O) groups excluding carboxylic acids is 2. The van der Waals surface area contributed by atoms with E-state index in [1.54, 1.807) is 0 Å². The van der Waals surface area contributed by atoms with Crippen molar-refractivity contribution >= 4 is 28.3 Å². The number of hydrogen-bond donors (Lipinski definition) is 1. The third kappa shape index (κ3) is 4.49. The zero-order valence-electron chi connectivity index (χ0n) is 10.4. The zero-order chi connectivity index (χ0) is 13.5. The van der Waals surface area contributed by atoms with Crippen LogP contribution in [0, 0.1) is 5.92 Å². The first-order chi connectivity index (χ1) is 8.54. The molecular weight excluding hydrogens is 298 g/mol. The number of benzene rings is 1. The minimum atomic E-state index is -0.587. The molecule has 18 heavy (non-hydrogen) atoms. The van der Waals surface area contributed by atoms with E-state index in [-0.39, 0.29) is 12.5 Å². The molecule has 0 saturated carbocycles. The largest absolute Gasteiger partial charge is 0.445 e. The van der Waals surface area contributed by atoms with E-state index in [2.05, 4.69) is 21.2 Å². The van der Waals surface area contributed by atoms with Gasteiger partial charge in [-0.05, 0) is 12.0 Å². The Labute approximate surface area is 115 Å². The molecule has 0 radical (unpaired) electrons. The molecule has 0 aliphatic carbocycles. The molecule has 1 rings (SSSR count). The van der Waals surface area contributed by atoms with E-state index in [9.17, 15) is 9.59 Å². The van der Waals surface area contributed by atoms with Crippen molar-refractivity contribution in [3.8, 4) is 0 Å². The van der Waals surface area contributed by atoms with E-state index in [1.165, 1.54) is 0 Å². The van der Waals surface area contributed by atoms with Gasteiger partial charge in [-0.3, -0.25) is 0 Å². The summed E-state index contributed by atoms with van der Waals surface area (Å²) in [6.07, 6.45) is 0.126. The number of carbonyl (C=O) groups is 2. The second-order valence-electron chi connectivity index (χ2n) is 4.22. The number of nitrogens with one attached hydrogen (secondary N) is 1. The number of aldehydes is 1. The fraction of sp³-hybridized carbons (Fsp3) is 0.385. The Kier molecular flexibility index (Phi) is 5.85. The SMILES string of the molecule is CC(C)C(C=O)NC(=O)OCc1ccccc1Br. The van der Waals surface area contributed by atoms with Gasteiger partial charge in [-0.25, -0.2) is 4.79 Å². The summed E-state index contributed by atoms with van der Waals surface area (Å²) in [5, 5.41) is 2.51. The second kappa shape index (κ2) is 7.16. The van der Waals surface area contributed by atoms with Crippen LogP contribution in [0.2, 0.25) is 0 Å². The van der Waals surface area contributed by atoms with Crippen LogP contribution in [0.15, 0.2) is 28.7 Å². The van der Waals surface area contributed by atoms with Gasteiger partial charge >= 0.3 is 6.09 Å². The van der Waals surface area contributed by atoms with Gasteiger partial charge in [-0.1, -0.05) is 48.0 Å². The number of amides is 1. The molecule has 98 valence electrons. The molecule has 0 aliphatic rings. The van der Waals surface area contributed by atoms with Crippen molar-refractivity contribution in [2.75, 3.05) is 0 Å². The highest BCUT2D eigenvalue weighted by Crippen LogP contribution is 2.16. The van der Waals surface area contributed by atoms with Crippen LogP contribution in [-0.2, 0) is 16.1 Å². The topological polar surface area (TPSA) is 55.4 Å².